The van der Waals surface area contributed by atoms with E-state index in [4.69, 9.17) is 5.84 Å². The molecule has 0 atom stereocenters. The maximum atomic E-state index is 12.4. The van der Waals surface area contributed by atoms with Crippen molar-refractivity contribution in [2.45, 2.75) is 6.43 Å². The van der Waals surface area contributed by atoms with Crippen LogP contribution in [0, 0.1) is 0 Å². The highest BCUT2D eigenvalue weighted by atomic mass is 19.3. The summed E-state index contributed by atoms with van der Waals surface area (Å²) in [5.74, 6) is 5.65. The van der Waals surface area contributed by atoms with Gasteiger partial charge in [0.05, 0.1) is 6.54 Å². The fraction of sp³-hybridized carbons (Fsp3) is 0.333. The summed E-state index contributed by atoms with van der Waals surface area (Å²) in [6.07, 6.45) is 2.15. The summed E-state index contributed by atoms with van der Waals surface area (Å²) in [5.41, 5.74) is 2.27. The molecule has 0 aliphatic carbocycles. The third kappa shape index (κ3) is 3.10. The Balaban J connectivity index is 2.36. The number of nitrogens with two attached hydrogens (primary N) is 1. The molecule has 0 radical (unpaired) electrons. The van der Waals surface area contributed by atoms with Crippen LogP contribution in [0.1, 0.15) is 0 Å². The van der Waals surface area contributed by atoms with E-state index in [9.17, 15) is 8.78 Å². The van der Waals surface area contributed by atoms with E-state index in [-0.39, 0.29) is 17.8 Å². The van der Waals surface area contributed by atoms with Crippen molar-refractivity contribution in [2.75, 3.05) is 23.9 Å². The summed E-state index contributed by atoms with van der Waals surface area (Å²) < 4.78 is 26.2. The van der Waals surface area contributed by atoms with Crippen LogP contribution in [0.25, 0.3) is 5.95 Å². The SMILES string of the molecule is CN(CC(F)F)c1nc(NN)nc(-n2ccnc2)n1. The van der Waals surface area contributed by atoms with E-state index in [1.807, 2.05) is 0 Å². The Labute approximate surface area is 107 Å². The molecule has 2 aromatic rings. The maximum Gasteiger partial charge on any atom is 0.255 e. The standard InChI is InChI=1S/C9H12F2N8/c1-18(4-6(10)11)8-14-7(17-12)15-9(16-8)19-3-2-13-5-19/h2-3,5-6H,4,12H2,1H3,(H,14,15,16,17). The molecule has 8 nitrogen and oxygen atoms in total. The average molecular weight is 270 g/mol. The minimum absolute atomic E-state index is 0.0785. The first-order valence-electron chi connectivity index (χ1n) is 5.30. The lowest BCUT2D eigenvalue weighted by molar-refractivity contribution is 0.156. The van der Waals surface area contributed by atoms with Crippen LogP contribution in [0.4, 0.5) is 20.7 Å². The lowest BCUT2D eigenvalue weighted by atomic mass is 10.6. The summed E-state index contributed by atoms with van der Waals surface area (Å²) in [4.78, 5) is 17.1. The van der Waals surface area contributed by atoms with Crippen LogP contribution in [0.5, 0.6) is 0 Å². The Morgan fingerprint density at radius 2 is 2.21 bits per heavy atom. The van der Waals surface area contributed by atoms with Gasteiger partial charge in [0, 0.05) is 19.4 Å². The van der Waals surface area contributed by atoms with Gasteiger partial charge in [0.1, 0.15) is 6.33 Å². The summed E-state index contributed by atoms with van der Waals surface area (Å²) in [6, 6.07) is 0. The number of nitrogens with one attached hydrogen (secondary N) is 1. The van der Waals surface area contributed by atoms with Crippen LogP contribution in [0.2, 0.25) is 0 Å². The molecule has 0 aromatic carbocycles. The van der Waals surface area contributed by atoms with Crippen molar-refractivity contribution in [3.05, 3.63) is 18.7 Å². The van der Waals surface area contributed by atoms with Crippen molar-refractivity contribution in [1.82, 2.24) is 24.5 Å². The molecule has 0 saturated heterocycles. The first-order chi connectivity index (χ1) is 9.10. The van der Waals surface area contributed by atoms with Gasteiger partial charge < -0.3 is 4.90 Å². The molecule has 2 rings (SSSR count). The molecule has 2 heterocycles. The fourth-order valence-electron chi connectivity index (χ4n) is 1.37. The van der Waals surface area contributed by atoms with Gasteiger partial charge in [-0.3, -0.25) is 9.99 Å². The zero-order valence-corrected chi connectivity index (χ0v) is 10.0. The molecule has 0 spiro atoms. The van der Waals surface area contributed by atoms with Gasteiger partial charge in [-0.1, -0.05) is 0 Å². The van der Waals surface area contributed by atoms with Crippen LogP contribution in [0.3, 0.4) is 0 Å². The van der Waals surface area contributed by atoms with E-state index in [1.165, 1.54) is 22.8 Å². The van der Waals surface area contributed by atoms with Gasteiger partial charge in [0.15, 0.2) is 0 Å². The van der Waals surface area contributed by atoms with Crippen LogP contribution < -0.4 is 16.2 Å². The van der Waals surface area contributed by atoms with Gasteiger partial charge in [-0.15, -0.1) is 0 Å². The summed E-state index contributed by atoms with van der Waals surface area (Å²) in [7, 11) is 1.46. The van der Waals surface area contributed by atoms with Crippen molar-refractivity contribution in [1.29, 1.82) is 0 Å². The van der Waals surface area contributed by atoms with Crippen molar-refractivity contribution in [3.8, 4) is 5.95 Å². The van der Waals surface area contributed by atoms with E-state index < -0.39 is 13.0 Å². The third-order valence-electron chi connectivity index (χ3n) is 2.23. The van der Waals surface area contributed by atoms with Crippen molar-refractivity contribution < 1.29 is 8.78 Å². The maximum absolute atomic E-state index is 12.4. The number of aromatic nitrogens is 5. The molecule has 0 fully saturated rings. The van der Waals surface area contributed by atoms with Gasteiger partial charge in [-0.2, -0.15) is 15.0 Å². The number of halogens is 2. The molecule has 0 bridgehead atoms. The number of nitrogen functional groups attached to an aromatic ring is 1. The smallest absolute Gasteiger partial charge is 0.255 e. The van der Waals surface area contributed by atoms with E-state index in [1.54, 1.807) is 12.4 Å². The predicted molar refractivity (Wildman–Crippen MR) is 64.0 cm³/mol. The van der Waals surface area contributed by atoms with Crippen LogP contribution >= 0.6 is 0 Å². The van der Waals surface area contributed by atoms with Crippen LogP contribution in [0.15, 0.2) is 18.7 Å². The molecule has 0 unspecified atom stereocenters. The number of hydrogen-bond acceptors (Lipinski definition) is 7. The molecule has 2 aromatic heterocycles. The quantitative estimate of drug-likeness (QED) is 0.585. The van der Waals surface area contributed by atoms with Crippen molar-refractivity contribution >= 4 is 11.9 Å². The number of nitrogens with zero attached hydrogens (tertiary/aromatic N) is 6. The zero-order valence-electron chi connectivity index (χ0n) is 10.0. The number of alkyl halides is 2. The number of hydrogen-bond donors (Lipinski definition) is 2. The second kappa shape index (κ2) is 5.52. The Morgan fingerprint density at radius 3 is 2.79 bits per heavy atom. The second-order valence-corrected chi connectivity index (χ2v) is 3.64. The monoisotopic (exact) mass is 270 g/mol. The van der Waals surface area contributed by atoms with Gasteiger partial charge in [0.25, 0.3) is 6.43 Å². The van der Waals surface area contributed by atoms with E-state index in [0.717, 1.165) is 0 Å². The summed E-state index contributed by atoms with van der Waals surface area (Å²) in [6.45, 7) is -0.489. The highest BCUT2D eigenvalue weighted by Crippen LogP contribution is 2.12. The molecule has 0 aliphatic heterocycles. The largest absolute Gasteiger partial charge is 0.338 e. The molecule has 10 heteroatoms. The fourth-order valence-corrected chi connectivity index (χ4v) is 1.37. The Bertz CT molecular complexity index is 529. The number of imidazole rings is 1. The average Bonchev–Trinajstić information content (AvgIpc) is 2.91. The molecule has 102 valence electrons. The first kappa shape index (κ1) is 13.1. The lowest BCUT2D eigenvalue weighted by Crippen LogP contribution is -2.27. The topological polar surface area (TPSA) is 97.8 Å². The summed E-state index contributed by atoms with van der Waals surface area (Å²) >= 11 is 0. The third-order valence-corrected chi connectivity index (χ3v) is 2.23. The Hall–Kier alpha value is -2.36. The predicted octanol–water partition coefficient (Wildman–Crippen LogP) is 0.0442. The van der Waals surface area contributed by atoms with Crippen LogP contribution in [-0.4, -0.2) is 44.5 Å². The number of anilines is 2. The van der Waals surface area contributed by atoms with Crippen molar-refractivity contribution in [2.24, 2.45) is 5.84 Å². The molecule has 0 aliphatic rings. The Kier molecular flexibility index (Phi) is 3.80. The molecule has 0 saturated carbocycles. The minimum atomic E-state index is -2.49. The zero-order chi connectivity index (χ0) is 13.8. The summed E-state index contributed by atoms with van der Waals surface area (Å²) in [5, 5.41) is 0. The highest BCUT2D eigenvalue weighted by molar-refractivity contribution is 5.38. The molecule has 0 amide bonds. The minimum Gasteiger partial charge on any atom is -0.338 e. The molecular weight excluding hydrogens is 258 g/mol. The van der Waals surface area contributed by atoms with Crippen molar-refractivity contribution in [3.63, 3.8) is 0 Å². The van der Waals surface area contributed by atoms with E-state index >= 15 is 0 Å². The number of rotatable bonds is 5. The van der Waals surface area contributed by atoms with Crippen LogP contribution in [-0.2, 0) is 0 Å². The molecule has 3 N–H and O–H groups in total. The van der Waals surface area contributed by atoms with Gasteiger partial charge in [-0.25, -0.2) is 19.6 Å². The van der Waals surface area contributed by atoms with E-state index in [0.29, 0.717) is 0 Å². The highest BCUT2D eigenvalue weighted by Gasteiger charge is 2.14. The van der Waals surface area contributed by atoms with Gasteiger partial charge in [-0.05, 0) is 0 Å². The lowest BCUT2D eigenvalue weighted by Gasteiger charge is -2.17. The molecule has 19 heavy (non-hydrogen) atoms. The Morgan fingerprint density at radius 1 is 1.42 bits per heavy atom. The van der Waals surface area contributed by atoms with Gasteiger partial charge in [0.2, 0.25) is 17.8 Å². The number of hydrazine groups is 1. The van der Waals surface area contributed by atoms with Gasteiger partial charge >= 0.3 is 0 Å². The molecular formula is C9H12F2N8. The van der Waals surface area contributed by atoms with E-state index in [2.05, 4.69) is 25.4 Å². The first-order valence-corrected chi connectivity index (χ1v) is 5.30. The second-order valence-electron chi connectivity index (χ2n) is 3.64. The normalized spacial score (nSPS) is 10.8.